The molecule has 122 valence electrons. The molecule has 0 amide bonds. The van der Waals surface area contributed by atoms with Gasteiger partial charge in [0.15, 0.2) is 0 Å². The van der Waals surface area contributed by atoms with E-state index in [2.05, 4.69) is 0 Å². The zero-order valence-electron chi connectivity index (χ0n) is 12.8. The predicted octanol–water partition coefficient (Wildman–Crippen LogP) is 1.93. The van der Waals surface area contributed by atoms with Crippen LogP contribution in [0.25, 0.3) is 0 Å². The minimum Gasteiger partial charge on any atom is -0.377 e. The van der Waals surface area contributed by atoms with E-state index >= 15 is 0 Å². The molecule has 0 aromatic carbocycles. The fourth-order valence-electron chi connectivity index (χ4n) is 3.56. The lowest BCUT2D eigenvalue weighted by molar-refractivity contribution is -0.0925. The van der Waals surface area contributed by atoms with Crippen LogP contribution in [0.15, 0.2) is 0 Å². The van der Waals surface area contributed by atoms with E-state index < -0.39 is 0 Å². The minimum absolute atomic E-state index is 0.231. The number of fused-ring (bicyclic) bond motifs is 2. The first kappa shape index (κ1) is 15.7. The van der Waals surface area contributed by atoms with Crippen LogP contribution in [-0.2, 0) is 23.7 Å². The Morgan fingerprint density at radius 3 is 1.14 bits per heavy atom. The molecule has 2 aliphatic carbocycles. The summed E-state index contributed by atoms with van der Waals surface area (Å²) in [6.45, 7) is 3.88. The lowest BCUT2D eigenvalue weighted by atomic mass is 10.2. The SMILES string of the molecule is C1CC2OCCOCCOC3CCCC3OCCOC2C1. The summed E-state index contributed by atoms with van der Waals surface area (Å²) >= 11 is 0. The molecular formula is C16H28O5. The molecule has 3 rings (SSSR count). The molecule has 5 heteroatoms. The van der Waals surface area contributed by atoms with Gasteiger partial charge in [0.25, 0.3) is 0 Å². The van der Waals surface area contributed by atoms with Gasteiger partial charge in [0.05, 0.1) is 64.1 Å². The van der Waals surface area contributed by atoms with E-state index in [1.807, 2.05) is 0 Å². The van der Waals surface area contributed by atoms with Crippen molar-refractivity contribution in [3.8, 4) is 0 Å². The van der Waals surface area contributed by atoms with Crippen molar-refractivity contribution in [3.05, 3.63) is 0 Å². The molecule has 0 bridgehead atoms. The first-order valence-corrected chi connectivity index (χ1v) is 8.47. The minimum atomic E-state index is 0.231. The van der Waals surface area contributed by atoms with Gasteiger partial charge in [-0.15, -0.1) is 0 Å². The van der Waals surface area contributed by atoms with Crippen molar-refractivity contribution < 1.29 is 23.7 Å². The van der Waals surface area contributed by atoms with Crippen LogP contribution < -0.4 is 0 Å². The van der Waals surface area contributed by atoms with Gasteiger partial charge in [0.2, 0.25) is 0 Å². The third-order valence-electron chi connectivity index (χ3n) is 4.65. The molecule has 4 unspecified atom stereocenters. The van der Waals surface area contributed by atoms with Crippen LogP contribution in [-0.4, -0.2) is 64.1 Å². The first-order chi connectivity index (χ1) is 10.4. The summed E-state index contributed by atoms with van der Waals surface area (Å²) in [5.41, 5.74) is 0. The summed E-state index contributed by atoms with van der Waals surface area (Å²) in [6, 6.07) is 0. The van der Waals surface area contributed by atoms with Crippen LogP contribution in [0.3, 0.4) is 0 Å². The van der Waals surface area contributed by atoms with Gasteiger partial charge in [-0.3, -0.25) is 0 Å². The maximum absolute atomic E-state index is 5.96. The molecular weight excluding hydrogens is 272 g/mol. The molecule has 0 aromatic heterocycles. The molecule has 0 N–H and O–H groups in total. The molecule has 1 heterocycles. The van der Waals surface area contributed by atoms with Crippen LogP contribution in [0.5, 0.6) is 0 Å². The second-order valence-electron chi connectivity index (χ2n) is 6.11. The quantitative estimate of drug-likeness (QED) is 0.684. The highest BCUT2D eigenvalue weighted by molar-refractivity contribution is 4.80. The van der Waals surface area contributed by atoms with Crippen molar-refractivity contribution in [3.63, 3.8) is 0 Å². The monoisotopic (exact) mass is 300 g/mol. The van der Waals surface area contributed by atoms with Crippen LogP contribution in [0.2, 0.25) is 0 Å². The zero-order chi connectivity index (χ0) is 14.3. The molecule has 21 heavy (non-hydrogen) atoms. The Hall–Kier alpha value is -0.200. The maximum Gasteiger partial charge on any atom is 0.0837 e. The van der Waals surface area contributed by atoms with Gasteiger partial charge in [0, 0.05) is 0 Å². The van der Waals surface area contributed by atoms with Gasteiger partial charge in [-0.05, 0) is 38.5 Å². The Morgan fingerprint density at radius 2 is 0.762 bits per heavy atom. The van der Waals surface area contributed by atoms with E-state index in [4.69, 9.17) is 23.7 Å². The number of ether oxygens (including phenoxy) is 5. The second-order valence-corrected chi connectivity index (χ2v) is 6.11. The molecule has 1 aliphatic heterocycles. The maximum atomic E-state index is 5.96. The Morgan fingerprint density at radius 1 is 0.429 bits per heavy atom. The van der Waals surface area contributed by atoms with Gasteiger partial charge >= 0.3 is 0 Å². The Bertz CT molecular complexity index is 270. The van der Waals surface area contributed by atoms with Gasteiger partial charge in [-0.1, -0.05) is 0 Å². The summed E-state index contributed by atoms with van der Waals surface area (Å²) in [6.07, 6.45) is 7.69. The van der Waals surface area contributed by atoms with E-state index in [0.29, 0.717) is 39.6 Å². The highest BCUT2D eigenvalue weighted by Crippen LogP contribution is 2.26. The Labute approximate surface area is 127 Å². The predicted molar refractivity (Wildman–Crippen MR) is 77.5 cm³/mol. The number of hydrogen-bond donors (Lipinski definition) is 0. The topological polar surface area (TPSA) is 46.2 Å². The molecule has 0 radical (unpaired) electrons. The van der Waals surface area contributed by atoms with Crippen molar-refractivity contribution in [2.45, 2.75) is 62.9 Å². The van der Waals surface area contributed by atoms with Crippen molar-refractivity contribution in [1.29, 1.82) is 0 Å². The fourth-order valence-corrected chi connectivity index (χ4v) is 3.56. The third kappa shape index (κ3) is 4.63. The highest BCUT2D eigenvalue weighted by Gasteiger charge is 2.30. The molecule has 3 aliphatic rings. The summed E-state index contributed by atoms with van der Waals surface area (Å²) in [7, 11) is 0. The fraction of sp³-hybridized carbons (Fsp3) is 1.00. The Kier molecular flexibility index (Phi) is 6.30. The Balaban J connectivity index is 1.49. The zero-order valence-corrected chi connectivity index (χ0v) is 12.8. The molecule has 0 aromatic rings. The van der Waals surface area contributed by atoms with Crippen molar-refractivity contribution in [2.75, 3.05) is 39.6 Å². The van der Waals surface area contributed by atoms with Gasteiger partial charge in [-0.25, -0.2) is 0 Å². The molecule has 4 atom stereocenters. The normalized spacial score (nSPS) is 40.0. The van der Waals surface area contributed by atoms with Crippen molar-refractivity contribution in [2.24, 2.45) is 0 Å². The highest BCUT2D eigenvalue weighted by atomic mass is 16.6. The molecule has 0 spiro atoms. The van der Waals surface area contributed by atoms with Crippen molar-refractivity contribution in [1.82, 2.24) is 0 Å². The largest absolute Gasteiger partial charge is 0.377 e. The van der Waals surface area contributed by atoms with Gasteiger partial charge in [-0.2, -0.15) is 0 Å². The van der Waals surface area contributed by atoms with Crippen molar-refractivity contribution >= 4 is 0 Å². The van der Waals surface area contributed by atoms with Crippen LogP contribution in [0.1, 0.15) is 38.5 Å². The average Bonchev–Trinajstić information content (AvgIpc) is 3.11. The summed E-state index contributed by atoms with van der Waals surface area (Å²) in [5, 5.41) is 0. The van der Waals surface area contributed by atoms with E-state index in [1.54, 1.807) is 0 Å². The number of hydrogen-bond acceptors (Lipinski definition) is 5. The van der Waals surface area contributed by atoms with Crippen LogP contribution >= 0.6 is 0 Å². The lowest BCUT2D eigenvalue weighted by Crippen LogP contribution is -2.30. The van der Waals surface area contributed by atoms with Gasteiger partial charge < -0.3 is 23.7 Å². The first-order valence-electron chi connectivity index (χ1n) is 8.47. The molecule has 3 fully saturated rings. The third-order valence-corrected chi connectivity index (χ3v) is 4.65. The number of rotatable bonds is 0. The lowest BCUT2D eigenvalue weighted by Gasteiger charge is -2.22. The summed E-state index contributed by atoms with van der Waals surface area (Å²) < 4.78 is 29.3. The van der Waals surface area contributed by atoms with E-state index in [0.717, 1.165) is 25.7 Å². The standard InChI is InChI=1S/C16H28O5/c1-3-13-15(5-1)20-11-12-21-16-6-2-4-14(16)19-10-8-17-7-9-18-13/h13-16H,1-12H2. The average molecular weight is 300 g/mol. The van der Waals surface area contributed by atoms with Crippen LogP contribution in [0.4, 0.5) is 0 Å². The van der Waals surface area contributed by atoms with E-state index in [9.17, 15) is 0 Å². The summed E-state index contributed by atoms with van der Waals surface area (Å²) in [5.74, 6) is 0. The molecule has 2 saturated carbocycles. The van der Waals surface area contributed by atoms with E-state index in [-0.39, 0.29) is 24.4 Å². The van der Waals surface area contributed by atoms with Gasteiger partial charge in [0.1, 0.15) is 0 Å². The molecule has 1 saturated heterocycles. The smallest absolute Gasteiger partial charge is 0.0837 e. The summed E-state index contributed by atoms with van der Waals surface area (Å²) in [4.78, 5) is 0. The second kappa shape index (κ2) is 8.44. The molecule has 5 nitrogen and oxygen atoms in total. The van der Waals surface area contributed by atoms with Crippen LogP contribution in [0, 0.1) is 0 Å². The van der Waals surface area contributed by atoms with E-state index in [1.165, 1.54) is 12.8 Å².